The minimum absolute atomic E-state index is 0.0340. The molecule has 1 aliphatic heterocycles. The number of aliphatic hydroxyl groups excluding tert-OH is 1. The zero-order valence-electron chi connectivity index (χ0n) is 11.2. The van der Waals surface area contributed by atoms with Gasteiger partial charge in [-0.1, -0.05) is 0 Å². The summed E-state index contributed by atoms with van der Waals surface area (Å²) in [4.78, 5) is 14.3. The summed E-state index contributed by atoms with van der Waals surface area (Å²) in [5.41, 5.74) is 3.98. The van der Waals surface area contributed by atoms with Crippen LogP contribution in [0, 0.1) is 0 Å². The molecule has 0 aromatic heterocycles. The number of carbonyl (C=O) groups is 1. The first-order valence-electron chi connectivity index (χ1n) is 6.67. The number of anilines is 1. The highest BCUT2D eigenvalue weighted by Crippen LogP contribution is 2.24. The summed E-state index contributed by atoms with van der Waals surface area (Å²) in [6, 6.07) is 7.27. The molecule has 1 amide bonds. The molecule has 19 heavy (non-hydrogen) atoms. The van der Waals surface area contributed by atoms with Crippen molar-refractivity contribution in [1.29, 1.82) is 0 Å². The highest BCUT2D eigenvalue weighted by atomic mass is 16.3. The van der Waals surface area contributed by atoms with Crippen LogP contribution < -0.4 is 11.3 Å². The molecule has 1 fully saturated rings. The van der Waals surface area contributed by atoms with Crippen LogP contribution in [0.4, 0.5) is 5.69 Å². The lowest BCUT2D eigenvalue weighted by Gasteiger charge is -2.25. The lowest BCUT2D eigenvalue weighted by molar-refractivity contribution is 0.0682. The van der Waals surface area contributed by atoms with Gasteiger partial charge in [-0.05, 0) is 50.5 Å². The van der Waals surface area contributed by atoms with Gasteiger partial charge < -0.3 is 15.4 Å². The Hall–Kier alpha value is -1.59. The molecule has 104 valence electrons. The Morgan fingerprint density at radius 3 is 2.79 bits per heavy atom. The standard InChI is InChI=1S/C14H21N3O2/c1-10(18)9-13-3-2-8-17(13)14(19)11-4-6-12(16-15)7-5-11/h4-7,10,13,16,18H,2-3,8-9,15H2,1H3. The van der Waals surface area contributed by atoms with E-state index in [2.05, 4.69) is 5.43 Å². The Morgan fingerprint density at radius 1 is 1.53 bits per heavy atom. The number of carbonyl (C=O) groups excluding carboxylic acids is 1. The van der Waals surface area contributed by atoms with E-state index in [1.807, 2.05) is 4.90 Å². The predicted molar refractivity (Wildman–Crippen MR) is 74.6 cm³/mol. The lowest BCUT2D eigenvalue weighted by atomic mass is 10.1. The fraction of sp³-hybridized carbons (Fsp3) is 0.500. The first-order valence-corrected chi connectivity index (χ1v) is 6.67. The summed E-state index contributed by atoms with van der Waals surface area (Å²) in [6.07, 6.45) is 2.25. The molecule has 1 heterocycles. The highest BCUT2D eigenvalue weighted by Gasteiger charge is 2.29. The second-order valence-corrected chi connectivity index (χ2v) is 5.10. The number of likely N-dealkylation sites (tertiary alicyclic amines) is 1. The molecule has 2 unspecified atom stereocenters. The Kier molecular flexibility index (Phi) is 4.39. The van der Waals surface area contributed by atoms with Crippen LogP contribution in [0.1, 0.15) is 36.5 Å². The van der Waals surface area contributed by atoms with Crippen molar-refractivity contribution >= 4 is 11.6 Å². The molecule has 0 radical (unpaired) electrons. The number of hydrogen-bond donors (Lipinski definition) is 3. The van der Waals surface area contributed by atoms with Gasteiger partial charge in [0.2, 0.25) is 0 Å². The van der Waals surface area contributed by atoms with Gasteiger partial charge in [0.25, 0.3) is 5.91 Å². The summed E-state index contributed by atoms with van der Waals surface area (Å²) >= 11 is 0. The van der Waals surface area contributed by atoms with Crippen LogP contribution in [0.15, 0.2) is 24.3 Å². The maximum atomic E-state index is 12.4. The lowest BCUT2D eigenvalue weighted by Crippen LogP contribution is -2.37. The smallest absolute Gasteiger partial charge is 0.254 e. The highest BCUT2D eigenvalue weighted by molar-refractivity contribution is 5.95. The van der Waals surface area contributed by atoms with Gasteiger partial charge in [0.05, 0.1) is 6.10 Å². The van der Waals surface area contributed by atoms with Gasteiger partial charge in [-0.25, -0.2) is 0 Å². The van der Waals surface area contributed by atoms with Gasteiger partial charge in [-0.15, -0.1) is 0 Å². The third-order valence-electron chi connectivity index (χ3n) is 3.55. The molecule has 0 bridgehead atoms. The van der Waals surface area contributed by atoms with E-state index in [1.54, 1.807) is 31.2 Å². The van der Waals surface area contributed by atoms with E-state index < -0.39 is 0 Å². The molecule has 1 saturated heterocycles. The number of nitrogens with two attached hydrogens (primary N) is 1. The number of hydrogen-bond acceptors (Lipinski definition) is 4. The molecule has 1 aliphatic rings. The van der Waals surface area contributed by atoms with Crippen LogP contribution in [-0.2, 0) is 0 Å². The SMILES string of the molecule is CC(O)CC1CCCN1C(=O)c1ccc(NN)cc1. The van der Waals surface area contributed by atoms with Crippen LogP contribution in [0.3, 0.4) is 0 Å². The van der Waals surface area contributed by atoms with E-state index in [4.69, 9.17) is 5.84 Å². The van der Waals surface area contributed by atoms with Gasteiger partial charge in [0, 0.05) is 23.8 Å². The van der Waals surface area contributed by atoms with E-state index >= 15 is 0 Å². The number of benzene rings is 1. The maximum Gasteiger partial charge on any atom is 0.254 e. The van der Waals surface area contributed by atoms with E-state index in [9.17, 15) is 9.90 Å². The molecule has 0 saturated carbocycles. The number of rotatable bonds is 4. The van der Waals surface area contributed by atoms with Crippen LogP contribution in [0.25, 0.3) is 0 Å². The molecule has 1 aromatic rings. The fourth-order valence-electron chi connectivity index (χ4n) is 2.62. The largest absolute Gasteiger partial charge is 0.393 e. The van der Waals surface area contributed by atoms with E-state index in [0.29, 0.717) is 12.0 Å². The summed E-state index contributed by atoms with van der Waals surface area (Å²) in [5, 5.41) is 9.49. The molecule has 1 aromatic carbocycles. The third kappa shape index (κ3) is 3.24. The molecule has 4 N–H and O–H groups in total. The van der Waals surface area contributed by atoms with Crippen molar-refractivity contribution in [2.45, 2.75) is 38.3 Å². The van der Waals surface area contributed by atoms with Crippen molar-refractivity contribution < 1.29 is 9.90 Å². The Labute approximate surface area is 113 Å². The van der Waals surface area contributed by atoms with Crippen LogP contribution >= 0.6 is 0 Å². The monoisotopic (exact) mass is 263 g/mol. The van der Waals surface area contributed by atoms with Gasteiger partial charge in [-0.3, -0.25) is 10.6 Å². The molecule has 5 heteroatoms. The van der Waals surface area contributed by atoms with Crippen molar-refractivity contribution in [3.63, 3.8) is 0 Å². The second-order valence-electron chi connectivity index (χ2n) is 5.10. The van der Waals surface area contributed by atoms with E-state index in [0.717, 1.165) is 25.1 Å². The quantitative estimate of drug-likeness (QED) is 0.566. The second kappa shape index (κ2) is 6.04. The Bertz CT molecular complexity index is 431. The minimum Gasteiger partial charge on any atom is -0.393 e. The molecule has 0 aliphatic carbocycles. The first-order chi connectivity index (χ1) is 9.11. The van der Waals surface area contributed by atoms with Gasteiger partial charge in [-0.2, -0.15) is 0 Å². The molecule has 2 rings (SSSR count). The predicted octanol–water partition coefficient (Wildman–Crippen LogP) is 1.35. The number of amides is 1. The third-order valence-corrected chi connectivity index (χ3v) is 3.55. The first kappa shape index (κ1) is 13.8. The number of hydrazine groups is 1. The van der Waals surface area contributed by atoms with Gasteiger partial charge in [0.1, 0.15) is 0 Å². The number of aliphatic hydroxyl groups is 1. The average molecular weight is 263 g/mol. The molecule has 0 spiro atoms. The van der Waals surface area contributed by atoms with Gasteiger partial charge in [0.15, 0.2) is 0 Å². The topological polar surface area (TPSA) is 78.6 Å². The van der Waals surface area contributed by atoms with Crippen molar-refractivity contribution in [3.8, 4) is 0 Å². The average Bonchev–Trinajstić information content (AvgIpc) is 2.85. The normalized spacial score (nSPS) is 20.4. The summed E-state index contributed by atoms with van der Waals surface area (Å²) in [6.45, 7) is 2.54. The summed E-state index contributed by atoms with van der Waals surface area (Å²) in [7, 11) is 0. The summed E-state index contributed by atoms with van der Waals surface area (Å²) in [5.74, 6) is 5.34. The van der Waals surface area contributed by atoms with Crippen LogP contribution in [0.2, 0.25) is 0 Å². The van der Waals surface area contributed by atoms with Crippen LogP contribution in [0.5, 0.6) is 0 Å². The Morgan fingerprint density at radius 2 is 2.21 bits per heavy atom. The van der Waals surface area contributed by atoms with Crippen molar-refractivity contribution in [3.05, 3.63) is 29.8 Å². The van der Waals surface area contributed by atoms with Crippen molar-refractivity contribution in [1.82, 2.24) is 4.90 Å². The number of nitrogens with zero attached hydrogens (tertiary/aromatic N) is 1. The zero-order chi connectivity index (χ0) is 13.8. The molecular formula is C14H21N3O2. The Balaban J connectivity index is 2.09. The minimum atomic E-state index is -0.373. The number of nitrogen functional groups attached to an aromatic ring is 1. The van der Waals surface area contributed by atoms with Crippen molar-refractivity contribution in [2.24, 2.45) is 5.84 Å². The number of nitrogens with one attached hydrogen (secondary N) is 1. The molecule has 2 atom stereocenters. The summed E-state index contributed by atoms with van der Waals surface area (Å²) < 4.78 is 0. The fourth-order valence-corrected chi connectivity index (χ4v) is 2.62. The molecular weight excluding hydrogens is 242 g/mol. The van der Waals surface area contributed by atoms with E-state index in [-0.39, 0.29) is 18.1 Å². The van der Waals surface area contributed by atoms with Crippen LogP contribution in [-0.4, -0.2) is 34.6 Å². The molecule has 5 nitrogen and oxygen atoms in total. The van der Waals surface area contributed by atoms with Gasteiger partial charge >= 0.3 is 0 Å². The van der Waals surface area contributed by atoms with E-state index in [1.165, 1.54) is 0 Å². The zero-order valence-corrected chi connectivity index (χ0v) is 11.2. The van der Waals surface area contributed by atoms with Crippen molar-refractivity contribution in [2.75, 3.05) is 12.0 Å². The maximum absolute atomic E-state index is 12.4.